The van der Waals surface area contributed by atoms with Crippen molar-refractivity contribution < 1.29 is 19.1 Å². The number of carbonyl (C=O) groups is 2. The largest absolute Gasteiger partial charge is 0.497 e. The average molecular weight is 431 g/mol. The van der Waals surface area contributed by atoms with Crippen molar-refractivity contribution in [3.05, 3.63) is 77.2 Å². The summed E-state index contributed by atoms with van der Waals surface area (Å²) in [7, 11) is 1.61. The average Bonchev–Trinajstić information content (AvgIpc) is 3.46. The molecule has 32 heavy (non-hydrogen) atoms. The van der Waals surface area contributed by atoms with Gasteiger partial charge in [-0.3, -0.25) is 4.79 Å². The van der Waals surface area contributed by atoms with Gasteiger partial charge in [-0.15, -0.1) is 0 Å². The molecule has 7 nitrogen and oxygen atoms in total. The van der Waals surface area contributed by atoms with Crippen LogP contribution in [0.15, 0.2) is 54.9 Å². The van der Waals surface area contributed by atoms with E-state index < -0.39 is 5.97 Å². The lowest BCUT2D eigenvalue weighted by molar-refractivity contribution is 0.0474. The Morgan fingerprint density at radius 3 is 2.50 bits per heavy atom. The van der Waals surface area contributed by atoms with Crippen molar-refractivity contribution in [2.75, 3.05) is 13.7 Å². The third-order valence-electron chi connectivity index (χ3n) is 5.56. The van der Waals surface area contributed by atoms with Crippen LogP contribution in [0.2, 0.25) is 0 Å². The van der Waals surface area contributed by atoms with Crippen molar-refractivity contribution in [1.82, 2.24) is 14.8 Å². The van der Waals surface area contributed by atoms with Crippen LogP contribution in [0.4, 0.5) is 0 Å². The molecule has 2 aromatic carbocycles. The highest BCUT2D eigenvalue weighted by Gasteiger charge is 2.21. The minimum atomic E-state index is -0.566. The van der Waals surface area contributed by atoms with Crippen LogP contribution in [0.25, 0.3) is 16.6 Å². The first kappa shape index (κ1) is 21.4. The second-order valence-corrected chi connectivity index (χ2v) is 7.36. The van der Waals surface area contributed by atoms with Gasteiger partial charge in [-0.25, -0.2) is 9.48 Å². The molecule has 0 amide bonds. The number of methoxy groups -OCH3 is 1. The second-order valence-electron chi connectivity index (χ2n) is 7.36. The summed E-state index contributed by atoms with van der Waals surface area (Å²) in [5, 5.41) is 5.20. The maximum atomic E-state index is 12.8. The van der Waals surface area contributed by atoms with Gasteiger partial charge in [-0.2, -0.15) is 5.10 Å². The number of hydrogen-bond acceptors (Lipinski definition) is 5. The molecular weight excluding hydrogens is 406 g/mol. The maximum Gasteiger partial charge on any atom is 0.342 e. The number of esters is 1. The number of hydrogen-bond donors (Lipinski definition) is 1. The van der Waals surface area contributed by atoms with E-state index in [2.05, 4.69) is 17.0 Å². The van der Waals surface area contributed by atoms with Crippen molar-refractivity contribution in [3.63, 3.8) is 0 Å². The number of ketones is 1. The van der Waals surface area contributed by atoms with E-state index >= 15 is 0 Å². The number of fused-ring (bicyclic) bond motifs is 1. The number of para-hydroxylation sites is 1. The van der Waals surface area contributed by atoms with Gasteiger partial charge in [0.05, 0.1) is 24.7 Å². The number of rotatable bonds is 8. The Morgan fingerprint density at radius 1 is 1.03 bits per heavy atom. The standard InChI is InChI=1S/C25H25N3O4/c1-4-16-7-6-8-19-20(13-26-24(16)19)23(29)15-32-25(30)21-14-27-28(22(21)5-2)17-9-11-18(31-3)12-10-17/h6-14,26H,4-5,15H2,1-3H3. The number of carbonyl (C=O) groups excluding carboxylic acids is 2. The molecule has 0 unspecified atom stereocenters. The first-order valence-electron chi connectivity index (χ1n) is 10.6. The lowest BCUT2D eigenvalue weighted by Crippen LogP contribution is -2.15. The quantitative estimate of drug-likeness (QED) is 0.327. The molecule has 0 bridgehead atoms. The van der Waals surface area contributed by atoms with Gasteiger partial charge in [0.25, 0.3) is 0 Å². The summed E-state index contributed by atoms with van der Waals surface area (Å²) in [6, 6.07) is 13.2. The summed E-state index contributed by atoms with van der Waals surface area (Å²) < 4.78 is 12.3. The van der Waals surface area contributed by atoms with E-state index in [0.717, 1.165) is 34.3 Å². The fourth-order valence-corrected chi connectivity index (χ4v) is 3.86. The number of benzene rings is 2. The van der Waals surface area contributed by atoms with Gasteiger partial charge >= 0.3 is 5.97 Å². The normalized spacial score (nSPS) is 11.0. The molecule has 2 heterocycles. The minimum Gasteiger partial charge on any atom is -0.497 e. The van der Waals surface area contributed by atoms with Gasteiger partial charge in [-0.05, 0) is 42.7 Å². The van der Waals surface area contributed by atoms with Crippen LogP contribution in [0.1, 0.15) is 45.8 Å². The summed E-state index contributed by atoms with van der Waals surface area (Å²) >= 11 is 0. The molecule has 2 aromatic heterocycles. The van der Waals surface area contributed by atoms with Crippen molar-refractivity contribution >= 4 is 22.7 Å². The molecule has 0 saturated heterocycles. The smallest absolute Gasteiger partial charge is 0.342 e. The van der Waals surface area contributed by atoms with Crippen LogP contribution >= 0.6 is 0 Å². The number of aromatic nitrogens is 3. The zero-order chi connectivity index (χ0) is 22.7. The van der Waals surface area contributed by atoms with Gasteiger partial charge in [0.15, 0.2) is 6.61 Å². The number of aromatic amines is 1. The van der Waals surface area contributed by atoms with Crippen molar-refractivity contribution in [3.8, 4) is 11.4 Å². The molecule has 1 N–H and O–H groups in total. The zero-order valence-corrected chi connectivity index (χ0v) is 18.3. The Morgan fingerprint density at radius 2 is 1.81 bits per heavy atom. The molecule has 4 aromatic rings. The van der Waals surface area contributed by atoms with Gasteiger partial charge in [0, 0.05) is 22.7 Å². The van der Waals surface area contributed by atoms with Crippen molar-refractivity contribution in [2.45, 2.75) is 26.7 Å². The summed E-state index contributed by atoms with van der Waals surface area (Å²) in [5.74, 6) is -0.0806. The van der Waals surface area contributed by atoms with Crippen molar-refractivity contribution in [1.29, 1.82) is 0 Å². The predicted octanol–water partition coefficient (Wildman–Crippen LogP) is 4.53. The first-order valence-corrected chi connectivity index (χ1v) is 10.6. The van der Waals surface area contributed by atoms with Crippen LogP contribution in [0, 0.1) is 0 Å². The minimum absolute atomic E-state index is 0.251. The predicted molar refractivity (Wildman–Crippen MR) is 122 cm³/mol. The molecule has 0 atom stereocenters. The van der Waals surface area contributed by atoms with E-state index in [-0.39, 0.29) is 12.4 Å². The van der Waals surface area contributed by atoms with Crippen LogP contribution in [0.3, 0.4) is 0 Å². The Kier molecular flexibility index (Phi) is 6.07. The van der Waals surface area contributed by atoms with E-state index in [1.54, 1.807) is 18.0 Å². The third kappa shape index (κ3) is 3.89. The van der Waals surface area contributed by atoms with E-state index in [9.17, 15) is 9.59 Å². The van der Waals surface area contributed by atoms with E-state index in [0.29, 0.717) is 23.2 Å². The van der Waals surface area contributed by atoms with E-state index in [1.807, 2.05) is 49.4 Å². The van der Waals surface area contributed by atoms with E-state index in [4.69, 9.17) is 9.47 Å². The maximum absolute atomic E-state index is 12.8. The molecular formula is C25H25N3O4. The fourth-order valence-electron chi connectivity index (χ4n) is 3.86. The fraction of sp³-hybridized carbons (Fsp3) is 0.240. The second kappa shape index (κ2) is 9.09. The first-order chi connectivity index (χ1) is 15.6. The number of H-pyrrole nitrogens is 1. The molecule has 0 aliphatic rings. The van der Waals surface area contributed by atoms with Crippen LogP contribution in [-0.4, -0.2) is 40.2 Å². The molecule has 7 heteroatoms. The molecule has 0 aliphatic carbocycles. The van der Waals surface area contributed by atoms with Gasteiger partial charge in [0.2, 0.25) is 5.78 Å². The number of ether oxygens (including phenoxy) is 2. The SMILES string of the molecule is CCc1cccc2c(C(=O)COC(=O)c3cnn(-c4ccc(OC)cc4)c3CC)c[nH]c12. The Hall–Kier alpha value is -3.87. The van der Waals surface area contributed by atoms with E-state index in [1.165, 1.54) is 6.20 Å². The molecule has 0 fully saturated rings. The highest BCUT2D eigenvalue weighted by Crippen LogP contribution is 2.23. The van der Waals surface area contributed by atoms with Crippen LogP contribution < -0.4 is 4.74 Å². The van der Waals surface area contributed by atoms with Crippen LogP contribution in [-0.2, 0) is 17.6 Å². The number of Topliss-reactive ketones (excluding diaryl/α,β-unsaturated/α-hetero) is 1. The molecule has 0 spiro atoms. The molecule has 0 saturated carbocycles. The molecule has 164 valence electrons. The molecule has 4 rings (SSSR count). The summed E-state index contributed by atoms with van der Waals surface area (Å²) in [4.78, 5) is 28.7. The summed E-state index contributed by atoms with van der Waals surface area (Å²) in [5.41, 5.74) is 4.47. The Labute approximate surface area is 186 Å². The van der Waals surface area contributed by atoms with Crippen LogP contribution in [0.5, 0.6) is 5.75 Å². The monoisotopic (exact) mass is 431 g/mol. The van der Waals surface area contributed by atoms with Gasteiger partial charge in [-0.1, -0.05) is 32.0 Å². The topological polar surface area (TPSA) is 86.2 Å². The number of nitrogens with one attached hydrogen (secondary N) is 1. The van der Waals surface area contributed by atoms with Gasteiger partial charge in [0.1, 0.15) is 11.3 Å². The van der Waals surface area contributed by atoms with Crippen molar-refractivity contribution in [2.24, 2.45) is 0 Å². The molecule has 0 radical (unpaired) electrons. The Bertz CT molecular complexity index is 1270. The lowest BCUT2D eigenvalue weighted by atomic mass is 10.1. The summed E-state index contributed by atoms with van der Waals surface area (Å²) in [6.07, 6.45) is 4.60. The Balaban J connectivity index is 1.51. The molecule has 0 aliphatic heterocycles. The highest BCUT2D eigenvalue weighted by molar-refractivity contribution is 6.09. The summed E-state index contributed by atoms with van der Waals surface area (Å²) in [6.45, 7) is 3.67. The lowest BCUT2D eigenvalue weighted by Gasteiger charge is -2.09. The third-order valence-corrected chi connectivity index (χ3v) is 5.56. The number of nitrogens with zero attached hydrogens (tertiary/aromatic N) is 2. The zero-order valence-electron chi connectivity index (χ0n) is 18.3. The number of aryl methyl sites for hydroxylation is 1. The van der Waals surface area contributed by atoms with Gasteiger partial charge < -0.3 is 14.5 Å². The highest BCUT2D eigenvalue weighted by atomic mass is 16.5.